The highest BCUT2D eigenvalue weighted by molar-refractivity contribution is 7.89. The average Bonchev–Trinajstić information content (AvgIpc) is 3.18. The van der Waals surface area contributed by atoms with Crippen LogP contribution in [-0.2, 0) is 16.6 Å². The van der Waals surface area contributed by atoms with Gasteiger partial charge in [0.1, 0.15) is 0 Å². The number of hydrogen-bond acceptors (Lipinski definition) is 5. The Hall–Kier alpha value is -1.16. The van der Waals surface area contributed by atoms with Crippen molar-refractivity contribution in [2.24, 2.45) is 0 Å². The van der Waals surface area contributed by atoms with Gasteiger partial charge in [-0.2, -0.15) is 4.31 Å². The summed E-state index contributed by atoms with van der Waals surface area (Å²) < 4.78 is 29.3. The summed E-state index contributed by atoms with van der Waals surface area (Å²) in [5.41, 5.74) is 1.55. The van der Waals surface area contributed by atoms with Crippen molar-refractivity contribution in [1.29, 1.82) is 0 Å². The molecular formula is C18H20Cl2N4O2S2. The number of thiophene rings is 1. The summed E-state index contributed by atoms with van der Waals surface area (Å²) in [7, 11) is -3.43. The Morgan fingerprint density at radius 2 is 1.82 bits per heavy atom. The molecule has 0 spiro atoms. The molecule has 0 N–H and O–H groups in total. The number of rotatable bonds is 4. The normalized spacial score (nSPS) is 16.9. The van der Waals surface area contributed by atoms with Crippen molar-refractivity contribution in [3.05, 3.63) is 50.0 Å². The Balaban J connectivity index is 1.44. The first kappa shape index (κ1) is 20.1. The molecule has 10 heteroatoms. The Kier molecular flexibility index (Phi) is 5.45. The fourth-order valence-corrected chi connectivity index (χ4v) is 6.98. The predicted molar refractivity (Wildman–Crippen MR) is 113 cm³/mol. The smallest absolute Gasteiger partial charge is 0.244 e. The van der Waals surface area contributed by atoms with E-state index < -0.39 is 10.0 Å². The van der Waals surface area contributed by atoms with Crippen LogP contribution in [0.2, 0.25) is 10.0 Å². The Labute approximate surface area is 178 Å². The molecule has 0 atom stereocenters. The molecule has 6 nitrogen and oxygen atoms in total. The lowest BCUT2D eigenvalue weighted by Crippen LogP contribution is -2.48. The Morgan fingerprint density at radius 1 is 1.11 bits per heavy atom. The van der Waals surface area contributed by atoms with Gasteiger partial charge in [0.2, 0.25) is 10.0 Å². The first-order valence-electron chi connectivity index (χ1n) is 8.86. The molecule has 0 aliphatic carbocycles. The van der Waals surface area contributed by atoms with E-state index in [0.29, 0.717) is 53.3 Å². The third-order valence-corrected chi connectivity index (χ3v) is 8.46. The van der Waals surface area contributed by atoms with Gasteiger partial charge in [-0.3, -0.25) is 4.90 Å². The van der Waals surface area contributed by atoms with Crippen LogP contribution in [0.5, 0.6) is 0 Å². The number of fused-ring (bicyclic) bond motifs is 1. The number of nitrogens with zero attached hydrogens (tertiary/aromatic N) is 4. The third-order valence-electron chi connectivity index (χ3n) is 4.85. The number of sulfonamides is 1. The van der Waals surface area contributed by atoms with Crippen molar-refractivity contribution in [1.82, 2.24) is 18.6 Å². The van der Waals surface area contributed by atoms with Crippen LogP contribution in [0.4, 0.5) is 0 Å². The molecule has 4 heterocycles. The van der Waals surface area contributed by atoms with E-state index in [1.54, 1.807) is 22.6 Å². The topological polar surface area (TPSA) is 57.9 Å². The zero-order chi connectivity index (χ0) is 20.1. The average molecular weight is 459 g/mol. The number of aryl methyl sites for hydroxylation is 2. The molecule has 0 amide bonds. The second-order valence-corrected chi connectivity index (χ2v) is 11.1. The molecule has 3 aromatic rings. The van der Waals surface area contributed by atoms with Gasteiger partial charge in [0.25, 0.3) is 0 Å². The van der Waals surface area contributed by atoms with Crippen LogP contribution >= 0.6 is 34.5 Å². The summed E-state index contributed by atoms with van der Waals surface area (Å²) in [6, 6.07) is 3.44. The van der Waals surface area contributed by atoms with Crippen LogP contribution in [0, 0.1) is 13.8 Å². The molecule has 0 bridgehead atoms. The van der Waals surface area contributed by atoms with E-state index in [9.17, 15) is 8.42 Å². The summed E-state index contributed by atoms with van der Waals surface area (Å²) in [5, 5.41) is 1.07. The van der Waals surface area contributed by atoms with Crippen molar-refractivity contribution in [2.75, 3.05) is 26.2 Å². The molecule has 1 saturated heterocycles. The zero-order valence-corrected chi connectivity index (χ0v) is 18.7. The van der Waals surface area contributed by atoms with Gasteiger partial charge in [-0.25, -0.2) is 13.4 Å². The minimum Gasteiger partial charge on any atom is -0.304 e. The maximum absolute atomic E-state index is 12.9. The van der Waals surface area contributed by atoms with Crippen molar-refractivity contribution >= 4 is 50.2 Å². The molecule has 4 rings (SSSR count). The van der Waals surface area contributed by atoms with E-state index in [1.165, 1.54) is 11.3 Å². The molecule has 150 valence electrons. The number of pyridine rings is 1. The lowest BCUT2D eigenvalue weighted by molar-refractivity contribution is 0.180. The highest BCUT2D eigenvalue weighted by Crippen LogP contribution is 2.28. The predicted octanol–water partition coefficient (Wildman–Crippen LogP) is 3.83. The molecular weight excluding hydrogens is 439 g/mol. The molecule has 1 fully saturated rings. The van der Waals surface area contributed by atoms with Gasteiger partial charge in [0.05, 0.1) is 20.6 Å². The van der Waals surface area contributed by atoms with Crippen LogP contribution in [0.1, 0.15) is 15.4 Å². The number of hydrogen-bond donors (Lipinski definition) is 0. The van der Waals surface area contributed by atoms with E-state index in [-0.39, 0.29) is 0 Å². The minimum absolute atomic E-state index is 0.440. The zero-order valence-electron chi connectivity index (χ0n) is 15.5. The van der Waals surface area contributed by atoms with E-state index in [4.69, 9.17) is 23.2 Å². The van der Waals surface area contributed by atoms with Gasteiger partial charge in [-0.05, 0) is 26.0 Å². The molecule has 1 aliphatic heterocycles. The second-order valence-electron chi connectivity index (χ2n) is 6.93. The highest BCUT2D eigenvalue weighted by Gasteiger charge is 2.30. The standard InChI is InChI=1S/C18H20Cl2N4O2S2/c1-12-7-17(13(2)27-12)28(25,26)24-5-3-22(4-6-24)10-15-11-23-9-14(19)8-16(20)18(23)21-15/h7-9,11H,3-6,10H2,1-2H3. The molecule has 0 saturated carbocycles. The molecule has 0 aromatic carbocycles. The van der Waals surface area contributed by atoms with Gasteiger partial charge < -0.3 is 4.40 Å². The maximum atomic E-state index is 12.9. The molecule has 3 aromatic heterocycles. The van der Waals surface area contributed by atoms with Gasteiger partial charge in [-0.1, -0.05) is 23.2 Å². The monoisotopic (exact) mass is 458 g/mol. The minimum atomic E-state index is -3.43. The first-order valence-corrected chi connectivity index (χ1v) is 11.9. The summed E-state index contributed by atoms with van der Waals surface area (Å²) in [5.74, 6) is 0. The second kappa shape index (κ2) is 7.59. The van der Waals surface area contributed by atoms with Crippen molar-refractivity contribution in [3.63, 3.8) is 0 Å². The Morgan fingerprint density at radius 3 is 2.46 bits per heavy atom. The third kappa shape index (κ3) is 3.81. The van der Waals surface area contributed by atoms with Crippen LogP contribution in [-0.4, -0.2) is 53.2 Å². The lowest BCUT2D eigenvalue weighted by Gasteiger charge is -2.33. The van der Waals surface area contributed by atoms with Crippen LogP contribution < -0.4 is 0 Å². The quantitative estimate of drug-likeness (QED) is 0.595. The lowest BCUT2D eigenvalue weighted by atomic mass is 10.3. The first-order chi connectivity index (χ1) is 13.2. The number of halogens is 2. The van der Waals surface area contributed by atoms with E-state index >= 15 is 0 Å². The van der Waals surface area contributed by atoms with Crippen molar-refractivity contribution < 1.29 is 8.42 Å². The summed E-state index contributed by atoms with van der Waals surface area (Å²) in [6.45, 7) is 6.69. The van der Waals surface area contributed by atoms with Crippen molar-refractivity contribution in [3.8, 4) is 0 Å². The van der Waals surface area contributed by atoms with Crippen LogP contribution in [0.25, 0.3) is 5.65 Å². The summed E-state index contributed by atoms with van der Waals surface area (Å²) in [6.07, 6.45) is 3.68. The van der Waals surface area contributed by atoms with Gasteiger partial charge in [0, 0.05) is 54.9 Å². The van der Waals surface area contributed by atoms with E-state index in [0.717, 1.165) is 15.4 Å². The molecule has 0 radical (unpaired) electrons. The van der Waals surface area contributed by atoms with E-state index in [2.05, 4.69) is 9.88 Å². The Bertz CT molecular complexity index is 1130. The van der Waals surface area contributed by atoms with E-state index in [1.807, 2.05) is 24.4 Å². The fraction of sp³-hybridized carbons (Fsp3) is 0.389. The summed E-state index contributed by atoms with van der Waals surface area (Å²) in [4.78, 5) is 9.08. The fourth-order valence-electron chi connectivity index (χ4n) is 3.51. The van der Waals surface area contributed by atoms with Crippen LogP contribution in [0.3, 0.4) is 0 Å². The number of piperazine rings is 1. The van der Waals surface area contributed by atoms with Gasteiger partial charge in [-0.15, -0.1) is 11.3 Å². The molecule has 0 unspecified atom stereocenters. The maximum Gasteiger partial charge on any atom is 0.244 e. The van der Waals surface area contributed by atoms with Gasteiger partial charge >= 0.3 is 0 Å². The number of aromatic nitrogens is 2. The largest absolute Gasteiger partial charge is 0.304 e. The van der Waals surface area contributed by atoms with Gasteiger partial charge in [0.15, 0.2) is 5.65 Å². The van der Waals surface area contributed by atoms with Crippen LogP contribution in [0.15, 0.2) is 29.4 Å². The molecule has 1 aliphatic rings. The molecule has 28 heavy (non-hydrogen) atoms. The highest BCUT2D eigenvalue weighted by atomic mass is 35.5. The number of imidazole rings is 1. The summed E-state index contributed by atoms with van der Waals surface area (Å²) >= 11 is 13.8. The van der Waals surface area contributed by atoms with Crippen molar-refractivity contribution in [2.45, 2.75) is 25.3 Å². The SMILES string of the molecule is Cc1cc(S(=O)(=O)N2CCN(Cc3cn4cc(Cl)cc(Cl)c4n3)CC2)c(C)s1.